The predicted octanol–water partition coefficient (Wildman–Crippen LogP) is 5.66. The minimum absolute atomic E-state index is 0.00855. The van der Waals surface area contributed by atoms with Gasteiger partial charge in [-0.05, 0) is 49.9 Å². The fourth-order valence-electron chi connectivity index (χ4n) is 6.29. The molecule has 0 aliphatic carbocycles. The smallest absolute Gasteiger partial charge is 0.407 e. The van der Waals surface area contributed by atoms with Crippen LogP contribution in [0.1, 0.15) is 41.9 Å². The Labute approximate surface area is 248 Å². The molecule has 2 aromatic carbocycles. The molecule has 2 aliphatic heterocycles. The van der Waals surface area contributed by atoms with Gasteiger partial charge in [0.15, 0.2) is 5.82 Å². The SMILES string of the molecule is Cc1noc(C)c1-c1ccc2nc(-c3cnn(C4CCN(C(=O)O)CC4)c3)nc(N3CCOCC3c3ccccc3)c2c1. The van der Waals surface area contributed by atoms with Gasteiger partial charge in [0, 0.05) is 36.8 Å². The molecule has 2 saturated heterocycles. The minimum atomic E-state index is -0.869. The van der Waals surface area contributed by atoms with Crippen molar-refractivity contribution >= 4 is 22.8 Å². The molecule has 0 saturated carbocycles. The number of morpholine rings is 1. The maximum Gasteiger partial charge on any atom is 0.407 e. The lowest BCUT2D eigenvalue weighted by atomic mass is 10.0. The average Bonchev–Trinajstić information content (AvgIpc) is 3.67. The summed E-state index contributed by atoms with van der Waals surface area (Å²) < 4.78 is 13.4. The van der Waals surface area contributed by atoms with Crippen molar-refractivity contribution in [1.29, 1.82) is 0 Å². The number of aryl methyl sites for hydroxylation is 2. The summed E-state index contributed by atoms with van der Waals surface area (Å²) >= 11 is 0. The van der Waals surface area contributed by atoms with Crippen LogP contribution in [-0.4, -0.2) is 73.9 Å². The summed E-state index contributed by atoms with van der Waals surface area (Å²) in [5.41, 5.74) is 5.64. The topological polar surface area (TPSA) is 123 Å². The van der Waals surface area contributed by atoms with Crippen LogP contribution in [0.25, 0.3) is 33.4 Å². The quantitative estimate of drug-likeness (QED) is 0.281. The summed E-state index contributed by atoms with van der Waals surface area (Å²) in [4.78, 5) is 25.4. The van der Waals surface area contributed by atoms with E-state index in [0.717, 1.165) is 50.4 Å². The Morgan fingerprint density at radius 2 is 1.81 bits per heavy atom. The molecule has 5 heterocycles. The summed E-state index contributed by atoms with van der Waals surface area (Å²) in [7, 11) is 0. The van der Waals surface area contributed by atoms with Crippen LogP contribution < -0.4 is 4.90 Å². The van der Waals surface area contributed by atoms with Crippen molar-refractivity contribution < 1.29 is 19.2 Å². The van der Waals surface area contributed by atoms with Crippen molar-refractivity contribution in [3.63, 3.8) is 0 Å². The number of ether oxygens (including phenoxy) is 1. The van der Waals surface area contributed by atoms with Gasteiger partial charge in [-0.15, -0.1) is 0 Å². The normalized spacial score (nSPS) is 18.0. The first-order chi connectivity index (χ1) is 21.0. The lowest BCUT2D eigenvalue weighted by Gasteiger charge is -2.37. The van der Waals surface area contributed by atoms with Gasteiger partial charge in [-0.1, -0.05) is 41.6 Å². The van der Waals surface area contributed by atoms with Crippen molar-refractivity contribution in [1.82, 2.24) is 29.8 Å². The van der Waals surface area contributed by atoms with Crippen LogP contribution in [-0.2, 0) is 4.74 Å². The molecule has 1 unspecified atom stereocenters. The number of carboxylic acid groups (broad SMARTS) is 1. The lowest BCUT2D eigenvalue weighted by molar-refractivity contribution is 0.0939. The molecular weight excluding hydrogens is 546 g/mol. The molecule has 43 heavy (non-hydrogen) atoms. The fourth-order valence-corrected chi connectivity index (χ4v) is 6.29. The van der Waals surface area contributed by atoms with Crippen LogP contribution in [0, 0.1) is 13.8 Å². The summed E-state index contributed by atoms with van der Waals surface area (Å²) in [6.45, 7) is 6.71. The van der Waals surface area contributed by atoms with Gasteiger partial charge in [-0.3, -0.25) is 4.68 Å². The number of nitrogens with zero attached hydrogens (tertiary/aromatic N) is 7. The number of likely N-dealkylation sites (tertiary alicyclic amines) is 1. The number of benzene rings is 2. The van der Waals surface area contributed by atoms with E-state index in [4.69, 9.17) is 19.2 Å². The Bertz CT molecular complexity index is 1760. The molecule has 1 N–H and O–H groups in total. The highest BCUT2D eigenvalue weighted by molar-refractivity contribution is 5.95. The highest BCUT2D eigenvalue weighted by Crippen LogP contribution is 2.38. The second kappa shape index (κ2) is 11.1. The monoisotopic (exact) mass is 579 g/mol. The molecule has 1 amide bonds. The summed E-state index contributed by atoms with van der Waals surface area (Å²) in [6.07, 6.45) is 4.35. The maximum atomic E-state index is 11.4. The average molecular weight is 580 g/mol. The standard InChI is InChI=1S/C32H33N7O4/c1-20-29(21(2)43-36-20)23-8-9-27-26(16-23)31(38-14-15-42-19-28(38)22-6-4-3-5-7-22)35-30(34-27)24-17-33-39(18-24)25-10-12-37(13-11-25)32(40)41/h3-9,16-18,25,28H,10-15,19H2,1-2H3,(H,40,41). The number of amides is 1. The molecule has 0 bridgehead atoms. The van der Waals surface area contributed by atoms with E-state index in [-0.39, 0.29) is 12.1 Å². The summed E-state index contributed by atoms with van der Waals surface area (Å²) in [5, 5.41) is 19.1. The van der Waals surface area contributed by atoms with Crippen molar-refractivity contribution in [3.05, 3.63) is 77.9 Å². The number of piperidine rings is 1. The number of anilines is 1. The molecule has 7 rings (SSSR count). The third kappa shape index (κ3) is 5.10. The molecule has 2 fully saturated rings. The molecule has 220 valence electrons. The minimum Gasteiger partial charge on any atom is -0.465 e. The molecule has 11 nitrogen and oxygen atoms in total. The van der Waals surface area contributed by atoms with Crippen LogP contribution in [0.4, 0.5) is 10.6 Å². The number of hydrogen-bond donors (Lipinski definition) is 1. The van der Waals surface area contributed by atoms with E-state index >= 15 is 0 Å². The van der Waals surface area contributed by atoms with E-state index < -0.39 is 6.09 Å². The third-order valence-electron chi connectivity index (χ3n) is 8.55. The Morgan fingerprint density at radius 3 is 2.56 bits per heavy atom. The molecule has 3 aromatic heterocycles. The van der Waals surface area contributed by atoms with Gasteiger partial charge in [0.2, 0.25) is 0 Å². The highest BCUT2D eigenvalue weighted by Gasteiger charge is 2.29. The van der Waals surface area contributed by atoms with Crippen LogP contribution in [0.5, 0.6) is 0 Å². The number of aromatic nitrogens is 5. The van der Waals surface area contributed by atoms with Crippen molar-refractivity contribution in [2.75, 3.05) is 37.7 Å². The number of rotatable bonds is 5. The van der Waals surface area contributed by atoms with E-state index in [2.05, 4.69) is 51.6 Å². The molecule has 0 radical (unpaired) electrons. The zero-order chi connectivity index (χ0) is 29.5. The second-order valence-electron chi connectivity index (χ2n) is 11.2. The molecule has 0 spiro atoms. The van der Waals surface area contributed by atoms with Crippen molar-refractivity contribution in [3.8, 4) is 22.5 Å². The van der Waals surface area contributed by atoms with Crippen LogP contribution >= 0.6 is 0 Å². The molecule has 2 aliphatic rings. The van der Waals surface area contributed by atoms with E-state index in [0.29, 0.717) is 51.5 Å². The zero-order valence-corrected chi connectivity index (χ0v) is 24.2. The predicted molar refractivity (Wildman–Crippen MR) is 161 cm³/mol. The van der Waals surface area contributed by atoms with Crippen molar-refractivity contribution in [2.24, 2.45) is 0 Å². The Balaban J connectivity index is 1.32. The van der Waals surface area contributed by atoms with Crippen LogP contribution in [0.2, 0.25) is 0 Å². The first kappa shape index (κ1) is 27.1. The first-order valence-electron chi connectivity index (χ1n) is 14.6. The Morgan fingerprint density at radius 1 is 1.00 bits per heavy atom. The number of carbonyl (C=O) groups is 1. The van der Waals surface area contributed by atoms with Gasteiger partial charge >= 0.3 is 6.09 Å². The van der Waals surface area contributed by atoms with E-state index in [1.54, 1.807) is 6.20 Å². The number of hydrogen-bond acceptors (Lipinski definition) is 8. The zero-order valence-electron chi connectivity index (χ0n) is 24.2. The summed E-state index contributed by atoms with van der Waals surface area (Å²) in [6, 6.07) is 16.7. The Kier molecular flexibility index (Phi) is 7.02. The summed E-state index contributed by atoms with van der Waals surface area (Å²) in [5.74, 6) is 2.21. The first-order valence-corrected chi connectivity index (χ1v) is 14.6. The fraction of sp³-hybridized carbons (Fsp3) is 0.344. The van der Waals surface area contributed by atoms with Gasteiger partial charge in [0.1, 0.15) is 11.6 Å². The van der Waals surface area contributed by atoms with Crippen molar-refractivity contribution in [2.45, 2.75) is 38.8 Å². The molecule has 11 heteroatoms. The Hall–Kier alpha value is -4.77. The highest BCUT2D eigenvalue weighted by atomic mass is 16.5. The van der Waals surface area contributed by atoms with E-state index in [1.165, 1.54) is 4.90 Å². The van der Waals surface area contributed by atoms with Crippen LogP contribution in [0.15, 0.2) is 65.4 Å². The van der Waals surface area contributed by atoms with Gasteiger partial charge in [0.05, 0.1) is 48.3 Å². The molecular formula is C32H33N7O4. The number of fused-ring (bicyclic) bond motifs is 1. The largest absolute Gasteiger partial charge is 0.465 e. The van der Waals surface area contributed by atoms with E-state index in [1.807, 2.05) is 36.9 Å². The van der Waals surface area contributed by atoms with E-state index in [9.17, 15) is 9.90 Å². The van der Waals surface area contributed by atoms with Gasteiger partial charge in [-0.2, -0.15) is 5.10 Å². The molecule has 5 aromatic rings. The van der Waals surface area contributed by atoms with Gasteiger partial charge in [0.25, 0.3) is 0 Å². The third-order valence-corrected chi connectivity index (χ3v) is 8.55. The van der Waals surface area contributed by atoms with Crippen LogP contribution in [0.3, 0.4) is 0 Å². The van der Waals surface area contributed by atoms with Gasteiger partial charge < -0.3 is 24.2 Å². The maximum absolute atomic E-state index is 11.4. The lowest BCUT2D eigenvalue weighted by Crippen LogP contribution is -2.40. The van der Waals surface area contributed by atoms with Gasteiger partial charge in [-0.25, -0.2) is 14.8 Å². The second-order valence-corrected chi connectivity index (χ2v) is 11.2. The molecule has 1 atom stereocenters.